The zero-order valence-electron chi connectivity index (χ0n) is 6.70. The fraction of sp³-hybridized carbons (Fsp3) is 1.00. The van der Waals surface area contributed by atoms with Crippen LogP contribution in [0.1, 0.15) is 27.2 Å². The van der Waals surface area contributed by atoms with E-state index in [1.807, 2.05) is 20.8 Å². The van der Waals surface area contributed by atoms with Gasteiger partial charge in [-0.1, -0.05) is 20.8 Å². The maximum absolute atomic E-state index is 12.0. The third-order valence-electron chi connectivity index (χ3n) is 2.28. The van der Waals surface area contributed by atoms with Crippen LogP contribution in [0.5, 0.6) is 0 Å². The van der Waals surface area contributed by atoms with E-state index in [0.717, 1.165) is 6.42 Å². The summed E-state index contributed by atoms with van der Waals surface area (Å²) in [5.74, 6) is -0.0486. The molecule has 2 unspecified atom stereocenters. The molecule has 0 heterocycles. The summed E-state index contributed by atoms with van der Waals surface area (Å²) in [6.07, 6.45) is -1.37. The molecule has 10 heavy (non-hydrogen) atoms. The first-order valence-electron chi connectivity index (χ1n) is 3.71. The number of rotatable bonds is 1. The van der Waals surface area contributed by atoms with Gasteiger partial charge in [-0.15, -0.1) is 0 Å². The molecule has 2 heteroatoms. The summed E-state index contributed by atoms with van der Waals surface area (Å²) in [4.78, 5) is 0. The zero-order valence-corrected chi connectivity index (χ0v) is 6.70. The molecule has 2 atom stereocenters. The summed E-state index contributed by atoms with van der Waals surface area (Å²) >= 11 is 0. The average molecular weight is 148 g/mol. The van der Waals surface area contributed by atoms with Crippen LogP contribution < -0.4 is 0 Å². The maximum atomic E-state index is 12.0. The van der Waals surface area contributed by atoms with Crippen LogP contribution in [-0.4, -0.2) is 6.43 Å². The quantitative estimate of drug-likeness (QED) is 0.536. The SMILES string of the molecule is CC(C)(C)C1CC1C(F)F. The highest BCUT2D eigenvalue weighted by Gasteiger charge is 2.49. The normalized spacial score (nSPS) is 33.0. The monoisotopic (exact) mass is 148 g/mol. The second-order valence-corrected chi connectivity index (χ2v) is 4.21. The van der Waals surface area contributed by atoms with Crippen LogP contribution >= 0.6 is 0 Å². The van der Waals surface area contributed by atoms with Crippen LogP contribution in [0.25, 0.3) is 0 Å². The minimum Gasteiger partial charge on any atom is -0.210 e. The van der Waals surface area contributed by atoms with Gasteiger partial charge in [-0.2, -0.15) is 0 Å². The van der Waals surface area contributed by atoms with Gasteiger partial charge in [0, 0.05) is 5.92 Å². The van der Waals surface area contributed by atoms with E-state index < -0.39 is 6.43 Å². The van der Waals surface area contributed by atoms with E-state index in [4.69, 9.17) is 0 Å². The average Bonchev–Trinajstić information content (AvgIpc) is 2.35. The molecular formula is C8H14F2. The van der Waals surface area contributed by atoms with Crippen molar-refractivity contribution in [2.45, 2.75) is 33.6 Å². The summed E-state index contributed by atoms with van der Waals surface area (Å²) in [7, 11) is 0. The topological polar surface area (TPSA) is 0 Å². The highest BCUT2D eigenvalue weighted by atomic mass is 19.3. The molecule has 0 radical (unpaired) electrons. The molecule has 0 bridgehead atoms. The summed E-state index contributed by atoms with van der Waals surface area (Å²) < 4.78 is 24.0. The van der Waals surface area contributed by atoms with Gasteiger partial charge in [-0.3, -0.25) is 0 Å². The van der Waals surface area contributed by atoms with Crippen molar-refractivity contribution in [3.8, 4) is 0 Å². The smallest absolute Gasteiger partial charge is 0.210 e. The Morgan fingerprint density at radius 1 is 1.30 bits per heavy atom. The van der Waals surface area contributed by atoms with Gasteiger partial charge in [0.05, 0.1) is 0 Å². The molecule has 0 nitrogen and oxygen atoms in total. The van der Waals surface area contributed by atoms with E-state index in [-0.39, 0.29) is 17.3 Å². The van der Waals surface area contributed by atoms with E-state index in [9.17, 15) is 8.78 Å². The second kappa shape index (κ2) is 2.18. The van der Waals surface area contributed by atoms with E-state index in [1.54, 1.807) is 0 Å². The van der Waals surface area contributed by atoms with Crippen LogP contribution in [0.2, 0.25) is 0 Å². The third-order valence-corrected chi connectivity index (χ3v) is 2.28. The van der Waals surface area contributed by atoms with Crippen molar-refractivity contribution in [2.24, 2.45) is 17.3 Å². The van der Waals surface area contributed by atoms with Gasteiger partial charge in [0.2, 0.25) is 6.43 Å². The third kappa shape index (κ3) is 1.47. The summed E-state index contributed by atoms with van der Waals surface area (Å²) in [5, 5.41) is 0. The first-order valence-corrected chi connectivity index (χ1v) is 3.71. The molecule has 1 fully saturated rings. The van der Waals surface area contributed by atoms with Gasteiger partial charge in [-0.05, 0) is 17.8 Å². The number of hydrogen-bond acceptors (Lipinski definition) is 0. The molecule has 60 valence electrons. The van der Waals surface area contributed by atoms with Gasteiger partial charge in [0.25, 0.3) is 0 Å². The Hall–Kier alpha value is -0.140. The molecule has 0 saturated heterocycles. The van der Waals surface area contributed by atoms with Gasteiger partial charge in [0.1, 0.15) is 0 Å². The molecule has 0 amide bonds. The molecule has 1 saturated carbocycles. The fourth-order valence-electron chi connectivity index (χ4n) is 1.49. The Morgan fingerprint density at radius 2 is 1.80 bits per heavy atom. The van der Waals surface area contributed by atoms with Crippen molar-refractivity contribution in [2.75, 3.05) is 0 Å². The van der Waals surface area contributed by atoms with Gasteiger partial charge in [0.15, 0.2) is 0 Å². The van der Waals surface area contributed by atoms with Crippen molar-refractivity contribution in [3.05, 3.63) is 0 Å². The molecule has 0 N–H and O–H groups in total. The van der Waals surface area contributed by atoms with Gasteiger partial charge >= 0.3 is 0 Å². The Balaban J connectivity index is 2.39. The van der Waals surface area contributed by atoms with Crippen LogP contribution in [0.3, 0.4) is 0 Å². The standard InChI is InChI=1S/C8H14F2/c1-8(2,3)6-4-5(6)7(9)10/h5-7H,4H2,1-3H3. The molecule has 1 aliphatic rings. The molecule has 0 aromatic rings. The summed E-state index contributed by atoms with van der Waals surface area (Å²) in [5.41, 5.74) is 0.0844. The molecule has 1 rings (SSSR count). The van der Waals surface area contributed by atoms with Crippen molar-refractivity contribution in [3.63, 3.8) is 0 Å². The molecular weight excluding hydrogens is 134 g/mol. The molecule has 0 aromatic heterocycles. The number of hydrogen-bond donors (Lipinski definition) is 0. The second-order valence-electron chi connectivity index (χ2n) is 4.21. The van der Waals surface area contributed by atoms with Crippen LogP contribution in [0.4, 0.5) is 8.78 Å². The Morgan fingerprint density at radius 3 is 1.90 bits per heavy atom. The van der Waals surface area contributed by atoms with Crippen LogP contribution in [0, 0.1) is 17.3 Å². The lowest BCUT2D eigenvalue weighted by Gasteiger charge is -2.17. The van der Waals surface area contributed by atoms with Gasteiger partial charge < -0.3 is 0 Å². The highest BCUT2D eigenvalue weighted by Crippen LogP contribution is 2.53. The minimum atomic E-state index is -2.09. The lowest BCUT2D eigenvalue weighted by atomic mass is 9.89. The van der Waals surface area contributed by atoms with E-state index in [0.29, 0.717) is 0 Å². The molecule has 0 aliphatic heterocycles. The predicted octanol–water partition coefficient (Wildman–Crippen LogP) is 2.93. The summed E-state index contributed by atoms with van der Waals surface area (Å²) in [6.45, 7) is 6.08. The fourth-order valence-corrected chi connectivity index (χ4v) is 1.49. The van der Waals surface area contributed by atoms with Crippen molar-refractivity contribution < 1.29 is 8.78 Å². The predicted molar refractivity (Wildman–Crippen MR) is 37.1 cm³/mol. The Kier molecular flexibility index (Phi) is 1.73. The largest absolute Gasteiger partial charge is 0.241 e. The van der Waals surface area contributed by atoms with Crippen molar-refractivity contribution in [1.29, 1.82) is 0 Å². The highest BCUT2D eigenvalue weighted by molar-refractivity contribution is 4.95. The Labute approximate surface area is 60.6 Å². The molecule has 0 spiro atoms. The van der Waals surface area contributed by atoms with Gasteiger partial charge in [-0.25, -0.2) is 8.78 Å². The minimum absolute atomic E-state index is 0.0844. The van der Waals surface area contributed by atoms with Crippen LogP contribution in [-0.2, 0) is 0 Å². The number of alkyl halides is 2. The first-order chi connectivity index (χ1) is 4.43. The molecule has 0 aromatic carbocycles. The van der Waals surface area contributed by atoms with E-state index in [2.05, 4.69) is 0 Å². The summed E-state index contributed by atoms with van der Waals surface area (Å²) in [6, 6.07) is 0. The van der Waals surface area contributed by atoms with Crippen molar-refractivity contribution >= 4 is 0 Å². The first kappa shape index (κ1) is 7.96. The van der Waals surface area contributed by atoms with Crippen LogP contribution in [0.15, 0.2) is 0 Å². The lowest BCUT2D eigenvalue weighted by Crippen LogP contribution is -2.11. The molecule has 1 aliphatic carbocycles. The Bertz CT molecular complexity index is 124. The lowest BCUT2D eigenvalue weighted by molar-refractivity contribution is 0.104. The van der Waals surface area contributed by atoms with E-state index >= 15 is 0 Å². The maximum Gasteiger partial charge on any atom is 0.241 e. The zero-order chi connectivity index (χ0) is 7.94. The van der Waals surface area contributed by atoms with Crippen molar-refractivity contribution in [1.82, 2.24) is 0 Å². The number of halogens is 2. The van der Waals surface area contributed by atoms with E-state index in [1.165, 1.54) is 0 Å².